The monoisotopic (exact) mass is 393 g/mol. The minimum Gasteiger partial charge on any atom is -0.481 e. The van der Waals surface area contributed by atoms with Crippen molar-refractivity contribution in [2.24, 2.45) is 0 Å². The number of amides is 1. The van der Waals surface area contributed by atoms with Crippen LogP contribution in [0.2, 0.25) is 0 Å². The van der Waals surface area contributed by atoms with Gasteiger partial charge in [-0.25, -0.2) is 4.79 Å². The molecule has 0 fully saturated rings. The molecule has 0 aliphatic rings. The van der Waals surface area contributed by atoms with E-state index in [1.165, 1.54) is 13.0 Å². The number of Topliss-reactive ketones (excluding diaryl/α,β-unsaturated/α-hetero) is 1. The third-order valence-electron chi connectivity index (χ3n) is 4.59. The number of ketones is 1. The van der Waals surface area contributed by atoms with Crippen LogP contribution < -0.4 is 15.7 Å². The first-order valence-electron chi connectivity index (χ1n) is 9.41. The van der Waals surface area contributed by atoms with Crippen LogP contribution in [0.1, 0.15) is 49.5 Å². The van der Waals surface area contributed by atoms with Gasteiger partial charge in [0.1, 0.15) is 11.3 Å². The van der Waals surface area contributed by atoms with Gasteiger partial charge in [0.05, 0.1) is 0 Å². The lowest BCUT2D eigenvalue weighted by molar-refractivity contribution is -0.122. The fourth-order valence-electron chi connectivity index (χ4n) is 3.04. The van der Waals surface area contributed by atoms with Crippen LogP contribution in [0.3, 0.4) is 0 Å². The first-order valence-corrected chi connectivity index (χ1v) is 9.41. The van der Waals surface area contributed by atoms with Crippen molar-refractivity contribution in [2.75, 3.05) is 5.32 Å². The highest BCUT2D eigenvalue weighted by molar-refractivity contribution is 5.98. The molecule has 29 heavy (non-hydrogen) atoms. The highest BCUT2D eigenvalue weighted by Gasteiger charge is 2.17. The molecule has 3 rings (SSSR count). The molecule has 150 valence electrons. The zero-order valence-corrected chi connectivity index (χ0v) is 16.8. The van der Waals surface area contributed by atoms with Gasteiger partial charge in [-0.2, -0.15) is 0 Å². The van der Waals surface area contributed by atoms with Gasteiger partial charge in [0.2, 0.25) is 0 Å². The number of carbonyl (C=O) groups is 2. The average Bonchev–Trinajstić information content (AvgIpc) is 2.67. The summed E-state index contributed by atoms with van der Waals surface area (Å²) >= 11 is 0. The van der Waals surface area contributed by atoms with Crippen molar-refractivity contribution in [3.63, 3.8) is 0 Å². The number of carbonyl (C=O) groups excluding carboxylic acids is 2. The molecule has 0 aliphatic carbocycles. The van der Waals surface area contributed by atoms with Crippen LogP contribution in [-0.4, -0.2) is 17.8 Å². The van der Waals surface area contributed by atoms with Crippen LogP contribution in [0.15, 0.2) is 57.7 Å². The summed E-state index contributed by atoms with van der Waals surface area (Å²) in [5.74, 6) is 0.150. The van der Waals surface area contributed by atoms with E-state index in [1.807, 2.05) is 19.9 Å². The van der Waals surface area contributed by atoms with Crippen molar-refractivity contribution in [2.45, 2.75) is 39.7 Å². The van der Waals surface area contributed by atoms with Gasteiger partial charge in [-0.3, -0.25) is 9.59 Å². The molecule has 6 nitrogen and oxygen atoms in total. The van der Waals surface area contributed by atoms with E-state index < -0.39 is 11.7 Å². The number of nitrogens with one attached hydrogen (secondary N) is 1. The molecule has 0 saturated carbocycles. The third-order valence-corrected chi connectivity index (χ3v) is 4.59. The molecule has 1 atom stereocenters. The third kappa shape index (κ3) is 4.71. The van der Waals surface area contributed by atoms with Crippen LogP contribution in [0.5, 0.6) is 5.75 Å². The molecule has 0 aliphatic heterocycles. The van der Waals surface area contributed by atoms with Gasteiger partial charge < -0.3 is 14.5 Å². The van der Waals surface area contributed by atoms with Crippen LogP contribution >= 0.6 is 0 Å². The lowest BCUT2D eigenvalue weighted by Gasteiger charge is -2.16. The maximum absolute atomic E-state index is 12.5. The molecule has 0 saturated heterocycles. The molecule has 1 amide bonds. The number of ether oxygens (including phenoxy) is 1. The summed E-state index contributed by atoms with van der Waals surface area (Å²) in [6, 6.07) is 13.4. The molecule has 6 heteroatoms. The van der Waals surface area contributed by atoms with Crippen LogP contribution in [0.4, 0.5) is 5.69 Å². The summed E-state index contributed by atoms with van der Waals surface area (Å²) in [7, 11) is 0. The van der Waals surface area contributed by atoms with Crippen molar-refractivity contribution >= 4 is 28.3 Å². The summed E-state index contributed by atoms with van der Waals surface area (Å²) in [6.07, 6.45) is -0.798. The van der Waals surface area contributed by atoms with Crippen LogP contribution in [0.25, 0.3) is 11.0 Å². The smallest absolute Gasteiger partial charge is 0.336 e. The summed E-state index contributed by atoms with van der Waals surface area (Å²) in [4.78, 5) is 35.8. The van der Waals surface area contributed by atoms with Crippen molar-refractivity contribution in [1.29, 1.82) is 0 Å². The van der Waals surface area contributed by atoms with Gasteiger partial charge in [-0.1, -0.05) is 26.0 Å². The second kappa shape index (κ2) is 8.31. The number of hydrogen-bond donors (Lipinski definition) is 1. The number of benzene rings is 2. The average molecular weight is 393 g/mol. The Morgan fingerprint density at radius 1 is 1.03 bits per heavy atom. The van der Waals surface area contributed by atoms with Crippen LogP contribution in [0, 0.1) is 0 Å². The normalized spacial score (nSPS) is 12.0. The largest absolute Gasteiger partial charge is 0.481 e. The predicted molar refractivity (Wildman–Crippen MR) is 112 cm³/mol. The molecule has 1 N–H and O–H groups in total. The van der Waals surface area contributed by atoms with E-state index in [2.05, 4.69) is 5.32 Å². The predicted octanol–water partition coefficient (Wildman–Crippen LogP) is 4.53. The zero-order valence-electron chi connectivity index (χ0n) is 16.8. The number of anilines is 1. The van der Waals surface area contributed by atoms with Crippen molar-refractivity contribution in [1.82, 2.24) is 0 Å². The Morgan fingerprint density at radius 3 is 2.48 bits per heavy atom. The van der Waals surface area contributed by atoms with Gasteiger partial charge in [-0.15, -0.1) is 0 Å². The van der Waals surface area contributed by atoms with Crippen LogP contribution in [-0.2, 0) is 4.79 Å². The van der Waals surface area contributed by atoms with Crippen molar-refractivity contribution in [3.8, 4) is 5.75 Å². The van der Waals surface area contributed by atoms with E-state index in [0.29, 0.717) is 22.6 Å². The Kier molecular flexibility index (Phi) is 5.82. The lowest BCUT2D eigenvalue weighted by atomic mass is 10.00. The molecule has 0 spiro atoms. The standard InChI is InChI=1S/C23H23NO5/c1-13(2)20-12-22(26)29-21-11-18(8-9-19(20)21)28-15(4)23(27)24-17-7-5-6-16(10-17)14(3)25/h5-13,15H,1-4H3,(H,24,27)/t15-/m0/s1. The van der Waals surface area contributed by atoms with E-state index in [-0.39, 0.29) is 17.6 Å². The zero-order chi connectivity index (χ0) is 21.1. The quantitative estimate of drug-likeness (QED) is 0.491. The Labute approximate surface area is 168 Å². The molecule has 1 heterocycles. The van der Waals surface area contributed by atoms with Crippen molar-refractivity contribution < 1.29 is 18.7 Å². The summed E-state index contributed by atoms with van der Waals surface area (Å²) in [5, 5.41) is 3.58. The van der Waals surface area contributed by atoms with E-state index in [4.69, 9.17) is 9.15 Å². The van der Waals surface area contributed by atoms with E-state index in [0.717, 1.165) is 10.9 Å². The maximum Gasteiger partial charge on any atom is 0.336 e. The lowest BCUT2D eigenvalue weighted by Crippen LogP contribution is -2.30. The fourth-order valence-corrected chi connectivity index (χ4v) is 3.04. The second-order valence-corrected chi connectivity index (χ2v) is 7.22. The Balaban J connectivity index is 1.77. The molecule has 2 aromatic carbocycles. The molecule has 0 radical (unpaired) electrons. The number of fused-ring (bicyclic) bond motifs is 1. The number of rotatable bonds is 6. The minimum absolute atomic E-state index is 0.0798. The van der Waals surface area contributed by atoms with Gasteiger partial charge in [0.25, 0.3) is 5.91 Å². The fraction of sp³-hybridized carbons (Fsp3) is 0.261. The molecule has 0 unspecified atom stereocenters. The van der Waals surface area contributed by atoms with Crippen molar-refractivity contribution in [3.05, 3.63) is 70.1 Å². The van der Waals surface area contributed by atoms with Gasteiger partial charge in [0, 0.05) is 28.8 Å². The Morgan fingerprint density at radius 2 is 1.79 bits per heavy atom. The first kappa shape index (κ1) is 20.3. The summed E-state index contributed by atoms with van der Waals surface area (Å²) < 4.78 is 11.0. The molecule has 3 aromatic rings. The summed E-state index contributed by atoms with van der Waals surface area (Å²) in [5.41, 5.74) is 1.93. The maximum atomic E-state index is 12.5. The second-order valence-electron chi connectivity index (χ2n) is 7.22. The van der Waals surface area contributed by atoms with Gasteiger partial charge in [0.15, 0.2) is 11.9 Å². The molecular formula is C23H23NO5. The van der Waals surface area contributed by atoms with E-state index in [9.17, 15) is 14.4 Å². The Bertz CT molecular complexity index is 1130. The van der Waals surface area contributed by atoms with Gasteiger partial charge >= 0.3 is 5.63 Å². The first-order chi connectivity index (χ1) is 13.7. The number of hydrogen-bond acceptors (Lipinski definition) is 5. The molecule has 0 bridgehead atoms. The molecule has 1 aromatic heterocycles. The molecular weight excluding hydrogens is 370 g/mol. The highest BCUT2D eigenvalue weighted by Crippen LogP contribution is 2.27. The van der Waals surface area contributed by atoms with E-state index >= 15 is 0 Å². The SMILES string of the molecule is CC(=O)c1cccc(NC(=O)[C@H](C)Oc2ccc3c(C(C)C)cc(=O)oc3c2)c1. The summed E-state index contributed by atoms with van der Waals surface area (Å²) in [6.45, 7) is 7.10. The highest BCUT2D eigenvalue weighted by atomic mass is 16.5. The topological polar surface area (TPSA) is 85.6 Å². The van der Waals surface area contributed by atoms with E-state index in [1.54, 1.807) is 43.3 Å². The Hall–Kier alpha value is -3.41. The van der Waals surface area contributed by atoms with Gasteiger partial charge in [-0.05, 0) is 49.6 Å². The minimum atomic E-state index is -0.798.